The van der Waals surface area contributed by atoms with Crippen molar-refractivity contribution in [3.63, 3.8) is 0 Å². The SMILES string of the molecule is CC1(C)C(=CC=CC=CC2=[N+](Cc3ccc(SOOO)cc3S(=O)(=O)O)c3ccc4ccccc4c3C2(C)C)N(CCCCCC(=O)NCC#Cc2cn(C3CCC(CP(OOO)(OOO)(P(=O)=O)P(=O)=O)O3)c3nc(N)[nH]c(=O)c23)c2ccc3ccccc3c21. The first kappa shape index (κ1) is 66.6. The Morgan fingerprint density at radius 3 is 2.26 bits per heavy atom. The number of H-pyrrole nitrogens is 1. The summed E-state index contributed by atoms with van der Waals surface area (Å²) >= 11 is 0.577. The zero-order valence-electron chi connectivity index (χ0n) is 49.3. The van der Waals surface area contributed by atoms with Gasteiger partial charge in [0.2, 0.25) is 5.69 Å². The summed E-state index contributed by atoms with van der Waals surface area (Å²) in [4.78, 5) is 35.4. The second kappa shape index (κ2) is 27.1. The largest absolute Gasteiger partial charge is 0.0616 e. The number of anilines is 2. The molecule has 0 saturated carbocycles. The van der Waals surface area contributed by atoms with E-state index < -0.39 is 66.2 Å². The molecule has 3 aliphatic rings. The van der Waals surface area contributed by atoms with Gasteiger partial charge >= 0.3 is 194 Å². The van der Waals surface area contributed by atoms with Gasteiger partial charge in [0.1, 0.15) is 4.90 Å². The molecule has 8 N–H and O–H groups in total. The molecular weight excluding hydrogens is 1280 g/mol. The Balaban J connectivity index is 0.826. The maximum atomic E-state index is 13.2. The van der Waals surface area contributed by atoms with E-state index in [4.69, 9.17) is 26.2 Å². The van der Waals surface area contributed by atoms with Crippen LogP contribution in [0.1, 0.15) is 94.7 Å². The van der Waals surface area contributed by atoms with E-state index in [-0.39, 0.29) is 70.6 Å². The van der Waals surface area contributed by atoms with Crippen LogP contribution in [0.25, 0.3) is 32.6 Å². The van der Waals surface area contributed by atoms with E-state index in [0.29, 0.717) is 30.6 Å². The molecule has 2 atom stereocenters. The van der Waals surface area contributed by atoms with Gasteiger partial charge in [-0.15, -0.1) is 4.33 Å². The van der Waals surface area contributed by atoms with E-state index in [0.717, 1.165) is 62.7 Å². The first-order valence-corrected chi connectivity index (χ1v) is 36.6. The van der Waals surface area contributed by atoms with Crippen molar-refractivity contribution in [2.75, 3.05) is 29.9 Å². The quantitative estimate of drug-likeness (QED) is 0.00322. The van der Waals surface area contributed by atoms with Crippen molar-refractivity contribution < 1.29 is 89.9 Å². The van der Waals surface area contributed by atoms with Crippen molar-refractivity contribution in [3.8, 4) is 11.8 Å². The fourth-order valence-corrected chi connectivity index (χ4v) is 20.0. The van der Waals surface area contributed by atoms with Gasteiger partial charge in [0, 0.05) is 57.9 Å². The predicted molar refractivity (Wildman–Crippen MR) is 337 cm³/mol. The Morgan fingerprint density at radius 1 is 0.890 bits per heavy atom. The van der Waals surface area contributed by atoms with Gasteiger partial charge in [-0.3, -0.25) is 9.35 Å². The van der Waals surface area contributed by atoms with Crippen LogP contribution in [0.4, 0.5) is 17.3 Å². The molecule has 26 nitrogen and oxygen atoms in total. The van der Waals surface area contributed by atoms with E-state index >= 15 is 0 Å². The third-order valence-corrected chi connectivity index (χ3v) is 29.4. The van der Waals surface area contributed by atoms with Crippen LogP contribution >= 0.6 is 33.2 Å². The number of amides is 1. The number of nitrogens with one attached hydrogen (secondary N) is 2. The van der Waals surface area contributed by atoms with E-state index in [1.807, 2.05) is 60.7 Å². The molecule has 3 aliphatic heterocycles. The number of aromatic amines is 1. The van der Waals surface area contributed by atoms with Gasteiger partial charge in [0.15, 0.2) is 12.3 Å². The zero-order chi connectivity index (χ0) is 65.1. The zero-order valence-corrected chi connectivity index (χ0v) is 53.6. The minimum Gasteiger partial charge on any atom is -0.0616 e. The number of nitrogens with two attached hydrogens (primary N) is 1. The number of carbonyl (C=O) groups excluding carboxylic acids is 1. The summed E-state index contributed by atoms with van der Waals surface area (Å²) in [5.74, 6) is 5.26. The molecule has 1 saturated heterocycles. The minimum atomic E-state index is -6.23. The van der Waals surface area contributed by atoms with Gasteiger partial charge in [0.05, 0.1) is 17.5 Å². The molecular formula is C60H63N7O19P3S2+. The summed E-state index contributed by atoms with van der Waals surface area (Å²) in [5.41, 5.74) is 11.0. The number of ether oxygens (including phenoxy) is 1. The summed E-state index contributed by atoms with van der Waals surface area (Å²) in [6.07, 6.45) is 4.21. The summed E-state index contributed by atoms with van der Waals surface area (Å²) in [6.45, 7) is 9.35. The van der Waals surface area contributed by atoms with Crippen molar-refractivity contribution in [1.82, 2.24) is 19.9 Å². The minimum absolute atomic E-state index is 0.0135. The Kier molecular flexibility index (Phi) is 19.8. The molecule has 0 radical (unpaired) electrons. The number of rotatable bonds is 25. The van der Waals surface area contributed by atoms with Crippen LogP contribution in [-0.2, 0) is 84.1 Å². The van der Waals surface area contributed by atoms with Crippen LogP contribution in [0.3, 0.4) is 0 Å². The maximum absolute atomic E-state index is 13.2. The predicted octanol–water partition coefficient (Wildman–Crippen LogP) is 12.5. The molecule has 478 valence electrons. The number of aromatic nitrogens is 3. The van der Waals surface area contributed by atoms with Gasteiger partial charge in [-0.2, -0.15) is 13.0 Å². The summed E-state index contributed by atoms with van der Waals surface area (Å²) in [7, 11) is -13.3. The third-order valence-electron chi connectivity index (χ3n) is 16.5. The fourth-order valence-electron chi connectivity index (χ4n) is 12.5. The number of nitrogen functional groups attached to an aromatic ring is 1. The first-order valence-electron chi connectivity index (χ1n) is 28.4. The molecule has 31 heteroatoms. The number of hydrogen-bond acceptors (Lipinski definition) is 22. The van der Waals surface area contributed by atoms with Crippen LogP contribution in [-0.4, -0.2) is 84.8 Å². The Hall–Kier alpha value is -7.35. The van der Waals surface area contributed by atoms with Gasteiger partial charge < -0.3 is 4.90 Å². The monoisotopic (exact) mass is 1340 g/mol. The van der Waals surface area contributed by atoms with Crippen LogP contribution < -0.4 is 21.5 Å². The van der Waals surface area contributed by atoms with Gasteiger partial charge in [0.25, 0.3) is 10.1 Å². The van der Waals surface area contributed by atoms with Crippen molar-refractivity contribution in [2.45, 2.75) is 106 Å². The van der Waals surface area contributed by atoms with E-state index in [9.17, 15) is 40.8 Å². The number of hydrogen-bond donors (Lipinski definition) is 7. The number of nitrogens with zero attached hydrogens (tertiary/aromatic N) is 4. The second-order valence-corrected chi connectivity index (χ2v) is 36.4. The molecule has 0 bridgehead atoms. The van der Waals surface area contributed by atoms with Crippen molar-refractivity contribution in [3.05, 3.63) is 166 Å². The van der Waals surface area contributed by atoms with Gasteiger partial charge in [-0.1, -0.05) is 104 Å². The number of allylic oxidation sites excluding steroid dienone is 6. The Bertz CT molecular complexity index is 4520. The summed E-state index contributed by atoms with van der Waals surface area (Å²) in [6, 6.07) is 29.2. The average Bonchev–Trinajstić information content (AvgIpc) is 1.69. The smallest absolute Gasteiger partial charge is 0.0457 e. The molecule has 7 aromatic rings. The normalized spacial score (nSPS) is 17.9. The number of carbonyl (C=O) groups is 1. The topological polar surface area (TPSA) is 360 Å². The van der Waals surface area contributed by atoms with E-state index in [2.05, 4.69) is 136 Å². The molecule has 1 fully saturated rings. The standard InChI is InChI=1S/C60H62N7O19P3S2/c1-59(2)49(21-7-5-8-22-50-60(3,4)55-45-20-13-11-17-39(45)26-30-47(55)66(50)35-40-24-28-43(90-86-83-72)34-48(40)91(77,78)79)65(46-29-25-38-16-10-12-19-44(38)54(46)59)33-14-6-9-23-51(68)62-32-15-18-41-36-67(56-53(41)57(69)64-58(61)63-56)52-31-27-42(80-52)37-89(84-81-70,85-82-71,87(73)74)88(75)76/h5,7-8,10-13,16-17,19-22,24-26,28-30,34,36,42,52H,6,9,14,23,27,31-33,35,37H2,1-4H3,(H7-,61,62,63,64,68,69,70,71,72,77,78,79)/p+1. The molecule has 5 heterocycles. The summed E-state index contributed by atoms with van der Waals surface area (Å²) < 4.78 is 109. The molecule has 2 unspecified atom stereocenters. The first-order chi connectivity index (χ1) is 43.5. The number of unbranched alkanes of at least 4 members (excludes halogenated alkanes) is 2. The average molecular weight is 1340 g/mol. The van der Waals surface area contributed by atoms with Crippen LogP contribution in [0.5, 0.6) is 0 Å². The van der Waals surface area contributed by atoms with E-state index in [1.54, 1.807) is 12.1 Å². The number of fused-ring (bicyclic) bond motifs is 7. The van der Waals surface area contributed by atoms with Gasteiger partial charge in [-0.25, -0.2) is 5.26 Å². The van der Waals surface area contributed by atoms with Gasteiger partial charge in [-0.05, 0) is 84.1 Å². The van der Waals surface area contributed by atoms with E-state index in [1.165, 1.54) is 22.4 Å². The molecule has 10 rings (SSSR count). The second-order valence-electron chi connectivity index (χ2n) is 22.8. The van der Waals surface area contributed by atoms with Crippen molar-refractivity contribution in [2.24, 2.45) is 0 Å². The molecule has 2 aromatic heterocycles. The summed E-state index contributed by atoms with van der Waals surface area (Å²) in [5, 5.41) is 44.6. The fraction of sp³-hybridized carbons (Fsp3) is 0.300. The molecule has 5 aromatic carbocycles. The molecule has 91 heavy (non-hydrogen) atoms. The Labute approximate surface area is 525 Å². The Morgan fingerprint density at radius 2 is 1.58 bits per heavy atom. The van der Waals surface area contributed by atoms with Crippen molar-refractivity contribution in [1.29, 1.82) is 0 Å². The van der Waals surface area contributed by atoms with Crippen molar-refractivity contribution >= 4 is 105 Å². The number of benzene rings is 5. The maximum Gasteiger partial charge on any atom is 0.0457 e. The van der Waals surface area contributed by atoms with Crippen LogP contribution in [0, 0.1) is 11.8 Å². The van der Waals surface area contributed by atoms with Crippen LogP contribution in [0.15, 0.2) is 148 Å². The van der Waals surface area contributed by atoms with Crippen LogP contribution in [0.2, 0.25) is 0 Å². The molecule has 0 aliphatic carbocycles. The molecule has 0 spiro atoms. The third kappa shape index (κ3) is 13.0. The molecule has 1 amide bonds.